The number of aryl methyl sites for hydroxylation is 1. The van der Waals surface area contributed by atoms with E-state index in [4.69, 9.17) is 4.74 Å². The van der Waals surface area contributed by atoms with E-state index in [1.165, 1.54) is 0 Å². The molecule has 0 saturated heterocycles. The number of nitrogens with one attached hydrogen (secondary N) is 1. The van der Waals surface area contributed by atoms with E-state index in [2.05, 4.69) is 10.3 Å². The smallest absolute Gasteiger partial charge is 0.254 e. The number of ether oxygens (including phenoxy) is 1. The molecule has 1 N–H and O–H groups in total. The Labute approximate surface area is 159 Å². The molecule has 4 nitrogen and oxygen atoms in total. The van der Waals surface area contributed by atoms with Gasteiger partial charge in [0.1, 0.15) is 22.4 Å². The third-order valence-corrected chi connectivity index (χ3v) is 5.31. The fourth-order valence-corrected chi connectivity index (χ4v) is 3.64. The number of rotatable bonds is 6. The second kappa shape index (κ2) is 8.26. The Morgan fingerprint density at radius 1 is 1.19 bits per heavy atom. The minimum absolute atomic E-state index is 0.170. The first-order valence-electron chi connectivity index (χ1n) is 8.32. The molecule has 0 saturated carbocycles. The van der Waals surface area contributed by atoms with E-state index in [-0.39, 0.29) is 5.56 Å². The van der Waals surface area contributed by atoms with Crippen molar-refractivity contribution in [2.45, 2.75) is 13.3 Å². The quantitative estimate of drug-likeness (QED) is 0.682. The van der Waals surface area contributed by atoms with E-state index in [9.17, 15) is 13.6 Å². The first-order valence-corrected chi connectivity index (χ1v) is 9.13. The zero-order valence-corrected chi connectivity index (χ0v) is 15.7. The van der Waals surface area contributed by atoms with E-state index in [1.54, 1.807) is 18.4 Å². The third kappa shape index (κ3) is 4.49. The molecule has 27 heavy (non-hydrogen) atoms. The molecule has 7 heteroatoms. The Hall–Kier alpha value is -2.80. The number of hydrogen-bond donors (Lipinski definition) is 1. The average molecular weight is 388 g/mol. The van der Waals surface area contributed by atoms with E-state index in [0.29, 0.717) is 19.0 Å². The van der Waals surface area contributed by atoms with Crippen molar-refractivity contribution >= 4 is 17.2 Å². The van der Waals surface area contributed by atoms with Crippen LogP contribution in [0, 0.1) is 18.6 Å². The van der Waals surface area contributed by atoms with Gasteiger partial charge in [-0.05, 0) is 43.3 Å². The molecular formula is C20H18F2N2O2S. The molecule has 0 bridgehead atoms. The van der Waals surface area contributed by atoms with Crippen LogP contribution in [-0.4, -0.2) is 24.5 Å². The lowest BCUT2D eigenvalue weighted by Crippen LogP contribution is -2.26. The minimum atomic E-state index is -0.872. The standard InChI is InChI=1S/C20H18F2N2O2S/c1-12-18(27-20(24-12)13-3-6-15(26-2)7-4-13)9-10-23-19(25)16-8-5-14(21)11-17(16)22/h3-8,11H,9-10H2,1-2H3,(H,23,25). The van der Waals surface area contributed by atoms with Crippen molar-refractivity contribution in [1.82, 2.24) is 10.3 Å². The topological polar surface area (TPSA) is 51.2 Å². The minimum Gasteiger partial charge on any atom is -0.497 e. The number of benzene rings is 2. The molecule has 0 aliphatic heterocycles. The molecule has 140 valence electrons. The van der Waals surface area contributed by atoms with Crippen molar-refractivity contribution in [3.8, 4) is 16.3 Å². The van der Waals surface area contributed by atoms with Gasteiger partial charge in [-0.2, -0.15) is 0 Å². The molecule has 3 aromatic rings. The zero-order valence-electron chi connectivity index (χ0n) is 14.9. The fraction of sp³-hybridized carbons (Fsp3) is 0.200. The van der Waals surface area contributed by atoms with E-state index in [1.807, 2.05) is 31.2 Å². The summed E-state index contributed by atoms with van der Waals surface area (Å²) >= 11 is 1.55. The zero-order chi connectivity index (χ0) is 19.4. The summed E-state index contributed by atoms with van der Waals surface area (Å²) < 4.78 is 31.7. The molecule has 0 aliphatic carbocycles. The van der Waals surface area contributed by atoms with Crippen molar-refractivity contribution in [2.24, 2.45) is 0 Å². The van der Waals surface area contributed by atoms with Gasteiger partial charge >= 0.3 is 0 Å². The molecule has 0 fully saturated rings. The highest BCUT2D eigenvalue weighted by molar-refractivity contribution is 7.15. The van der Waals surface area contributed by atoms with Crippen LogP contribution in [0.25, 0.3) is 10.6 Å². The molecular weight excluding hydrogens is 370 g/mol. The number of aromatic nitrogens is 1. The molecule has 0 unspecified atom stereocenters. The van der Waals surface area contributed by atoms with Crippen molar-refractivity contribution < 1.29 is 18.3 Å². The van der Waals surface area contributed by atoms with Gasteiger partial charge in [-0.25, -0.2) is 13.8 Å². The number of amides is 1. The van der Waals surface area contributed by atoms with Crippen LogP contribution >= 0.6 is 11.3 Å². The third-order valence-electron chi connectivity index (χ3n) is 4.04. The summed E-state index contributed by atoms with van der Waals surface area (Å²) in [5.74, 6) is -1.37. The predicted molar refractivity (Wildman–Crippen MR) is 101 cm³/mol. The van der Waals surface area contributed by atoms with E-state index in [0.717, 1.165) is 39.0 Å². The largest absolute Gasteiger partial charge is 0.497 e. The second-order valence-electron chi connectivity index (χ2n) is 5.89. The highest BCUT2D eigenvalue weighted by atomic mass is 32.1. The van der Waals surface area contributed by atoms with Crippen LogP contribution < -0.4 is 10.1 Å². The van der Waals surface area contributed by atoms with Crippen LogP contribution in [-0.2, 0) is 6.42 Å². The first-order chi connectivity index (χ1) is 13.0. The molecule has 3 rings (SSSR count). The average Bonchev–Trinajstić information content (AvgIpc) is 3.02. The van der Waals surface area contributed by atoms with Crippen molar-refractivity contribution in [3.05, 3.63) is 70.2 Å². The fourth-order valence-electron chi connectivity index (χ4n) is 2.58. The lowest BCUT2D eigenvalue weighted by Gasteiger charge is -2.05. The number of methoxy groups -OCH3 is 1. The van der Waals surface area contributed by atoms with Gasteiger partial charge in [0.05, 0.1) is 18.4 Å². The number of hydrogen-bond acceptors (Lipinski definition) is 4. The van der Waals surface area contributed by atoms with Gasteiger partial charge in [0, 0.05) is 29.5 Å². The van der Waals surface area contributed by atoms with Crippen LogP contribution in [0.4, 0.5) is 8.78 Å². The molecule has 1 heterocycles. The molecule has 0 radical (unpaired) electrons. The highest BCUT2D eigenvalue weighted by Gasteiger charge is 2.13. The van der Waals surface area contributed by atoms with Crippen LogP contribution in [0.1, 0.15) is 20.9 Å². The number of thiazole rings is 1. The number of halogens is 2. The summed E-state index contributed by atoms with van der Waals surface area (Å²) in [5, 5.41) is 3.55. The number of nitrogens with zero attached hydrogens (tertiary/aromatic N) is 1. The first kappa shape index (κ1) is 19.0. The number of carbonyl (C=O) groups is 1. The van der Waals surface area contributed by atoms with Gasteiger partial charge in [-0.1, -0.05) is 0 Å². The maximum Gasteiger partial charge on any atom is 0.254 e. The van der Waals surface area contributed by atoms with Crippen molar-refractivity contribution in [2.75, 3.05) is 13.7 Å². The van der Waals surface area contributed by atoms with Crippen LogP contribution in [0.15, 0.2) is 42.5 Å². The molecule has 1 amide bonds. The predicted octanol–water partition coefficient (Wildman–Crippen LogP) is 4.38. The molecule has 0 aliphatic rings. The van der Waals surface area contributed by atoms with Crippen LogP contribution in [0.3, 0.4) is 0 Å². The van der Waals surface area contributed by atoms with Crippen molar-refractivity contribution in [1.29, 1.82) is 0 Å². The Morgan fingerprint density at radius 3 is 2.59 bits per heavy atom. The Balaban J connectivity index is 1.62. The van der Waals surface area contributed by atoms with E-state index < -0.39 is 17.5 Å². The van der Waals surface area contributed by atoms with E-state index >= 15 is 0 Å². The maximum atomic E-state index is 13.6. The lowest BCUT2D eigenvalue weighted by molar-refractivity contribution is 0.0950. The molecule has 0 atom stereocenters. The van der Waals surface area contributed by atoms with Gasteiger partial charge in [0.2, 0.25) is 0 Å². The summed E-state index contributed by atoms with van der Waals surface area (Å²) in [6, 6.07) is 10.5. The number of carbonyl (C=O) groups excluding carboxylic acids is 1. The lowest BCUT2D eigenvalue weighted by atomic mass is 10.2. The van der Waals surface area contributed by atoms with Gasteiger partial charge in [-0.3, -0.25) is 4.79 Å². The summed E-state index contributed by atoms with van der Waals surface area (Å²) in [6.07, 6.45) is 0.578. The highest BCUT2D eigenvalue weighted by Crippen LogP contribution is 2.29. The second-order valence-corrected chi connectivity index (χ2v) is 6.97. The summed E-state index contributed by atoms with van der Waals surface area (Å²) in [4.78, 5) is 17.7. The molecule has 0 spiro atoms. The van der Waals surface area contributed by atoms with Crippen LogP contribution in [0.2, 0.25) is 0 Å². The maximum absolute atomic E-state index is 13.6. The normalized spacial score (nSPS) is 10.7. The Morgan fingerprint density at radius 2 is 1.93 bits per heavy atom. The Kier molecular flexibility index (Phi) is 5.81. The van der Waals surface area contributed by atoms with Crippen LogP contribution in [0.5, 0.6) is 5.75 Å². The summed E-state index contributed by atoms with van der Waals surface area (Å²) in [5.41, 5.74) is 1.72. The SMILES string of the molecule is COc1ccc(-c2nc(C)c(CCNC(=O)c3ccc(F)cc3F)s2)cc1. The monoisotopic (exact) mass is 388 g/mol. The Bertz CT molecular complexity index is 955. The van der Waals surface area contributed by atoms with Gasteiger partial charge in [0.15, 0.2) is 0 Å². The summed E-state index contributed by atoms with van der Waals surface area (Å²) in [7, 11) is 1.62. The van der Waals surface area contributed by atoms with Gasteiger partial charge < -0.3 is 10.1 Å². The van der Waals surface area contributed by atoms with Gasteiger partial charge in [0.25, 0.3) is 5.91 Å². The summed E-state index contributed by atoms with van der Waals surface area (Å²) in [6.45, 7) is 2.25. The molecule has 2 aromatic carbocycles. The van der Waals surface area contributed by atoms with Gasteiger partial charge in [-0.15, -0.1) is 11.3 Å². The van der Waals surface area contributed by atoms with Crippen molar-refractivity contribution in [3.63, 3.8) is 0 Å². The molecule has 1 aromatic heterocycles.